The molecule has 1 saturated carbocycles. The molecule has 0 amide bonds. The molecule has 0 atom stereocenters. The molecule has 1 aromatic heterocycles. The van der Waals surface area contributed by atoms with Crippen LogP contribution in [0.25, 0.3) is 0 Å². The van der Waals surface area contributed by atoms with Crippen molar-refractivity contribution in [3.8, 4) is 0 Å². The van der Waals surface area contributed by atoms with Crippen LogP contribution in [0.2, 0.25) is 0 Å². The number of rotatable bonds is 4. The van der Waals surface area contributed by atoms with Gasteiger partial charge in [-0.25, -0.2) is 9.48 Å². The van der Waals surface area contributed by atoms with E-state index in [2.05, 4.69) is 31.5 Å². The third-order valence-electron chi connectivity index (χ3n) is 2.68. The molecule has 6 nitrogen and oxygen atoms in total. The highest BCUT2D eigenvalue weighted by atomic mass is 79.9. The van der Waals surface area contributed by atoms with Gasteiger partial charge in [0, 0.05) is 9.37 Å². The fourth-order valence-electron chi connectivity index (χ4n) is 1.65. The normalized spacial score (nSPS) is 14.6. The molecule has 0 bridgehead atoms. The number of carboxylic acid groups (broad SMARTS) is 1. The zero-order valence-corrected chi connectivity index (χ0v) is 12.1. The predicted octanol–water partition coefficient (Wildman–Crippen LogP) is 2.62. The highest BCUT2D eigenvalue weighted by molar-refractivity contribution is 9.10. The molecule has 19 heavy (non-hydrogen) atoms. The lowest BCUT2D eigenvalue weighted by Gasteiger charge is -2.04. The van der Waals surface area contributed by atoms with Gasteiger partial charge >= 0.3 is 5.97 Å². The first kappa shape index (κ1) is 12.6. The molecular formula is C11H9BrN4O2S. The molecule has 0 radical (unpaired) electrons. The molecule has 8 heteroatoms. The molecule has 98 valence electrons. The van der Waals surface area contributed by atoms with Crippen LogP contribution in [-0.4, -0.2) is 31.3 Å². The van der Waals surface area contributed by atoms with E-state index < -0.39 is 5.97 Å². The maximum absolute atomic E-state index is 11.0. The Balaban J connectivity index is 1.90. The molecule has 1 heterocycles. The molecule has 1 fully saturated rings. The average Bonchev–Trinajstić information content (AvgIpc) is 3.10. The number of carboxylic acids is 1. The van der Waals surface area contributed by atoms with Crippen molar-refractivity contribution in [2.45, 2.75) is 28.9 Å². The largest absolute Gasteiger partial charge is 0.478 e. The number of nitrogens with zero attached hydrogens (tertiary/aromatic N) is 4. The number of aromatic carboxylic acids is 1. The zero-order chi connectivity index (χ0) is 13.4. The van der Waals surface area contributed by atoms with Gasteiger partial charge in [-0.15, -0.1) is 5.10 Å². The van der Waals surface area contributed by atoms with Crippen molar-refractivity contribution < 1.29 is 9.90 Å². The SMILES string of the molecule is O=C(O)c1cc(Br)cc(Sc2nnnn2C2CC2)c1. The molecule has 0 spiro atoms. The van der Waals surface area contributed by atoms with Gasteiger partial charge in [-0.05, 0) is 53.2 Å². The van der Waals surface area contributed by atoms with Crippen molar-refractivity contribution >= 4 is 33.7 Å². The predicted molar refractivity (Wildman–Crippen MR) is 71.3 cm³/mol. The van der Waals surface area contributed by atoms with E-state index in [0.29, 0.717) is 11.2 Å². The number of benzene rings is 1. The Morgan fingerprint density at radius 3 is 2.89 bits per heavy atom. The summed E-state index contributed by atoms with van der Waals surface area (Å²) in [6.45, 7) is 0. The van der Waals surface area contributed by atoms with Gasteiger partial charge in [0.05, 0.1) is 11.6 Å². The lowest BCUT2D eigenvalue weighted by Crippen LogP contribution is -1.99. The topological polar surface area (TPSA) is 80.9 Å². The Morgan fingerprint density at radius 2 is 2.21 bits per heavy atom. The summed E-state index contributed by atoms with van der Waals surface area (Å²) >= 11 is 4.68. The van der Waals surface area contributed by atoms with Gasteiger partial charge < -0.3 is 5.11 Å². The van der Waals surface area contributed by atoms with Crippen molar-refractivity contribution in [1.29, 1.82) is 0 Å². The summed E-state index contributed by atoms with van der Waals surface area (Å²) in [5.74, 6) is -0.954. The maximum Gasteiger partial charge on any atom is 0.335 e. The molecule has 0 aliphatic heterocycles. The molecule has 0 saturated heterocycles. The number of hydrogen-bond donors (Lipinski definition) is 1. The quantitative estimate of drug-likeness (QED) is 0.921. The van der Waals surface area contributed by atoms with Crippen LogP contribution in [0.3, 0.4) is 0 Å². The summed E-state index contributed by atoms with van der Waals surface area (Å²) < 4.78 is 2.52. The summed E-state index contributed by atoms with van der Waals surface area (Å²) in [5, 5.41) is 21.3. The van der Waals surface area contributed by atoms with Gasteiger partial charge in [0.1, 0.15) is 0 Å². The molecule has 1 aliphatic rings. The Bertz CT molecular complexity index is 641. The Morgan fingerprint density at radius 1 is 1.42 bits per heavy atom. The third-order valence-corrected chi connectivity index (χ3v) is 4.06. The summed E-state index contributed by atoms with van der Waals surface area (Å²) in [6, 6.07) is 5.42. The first-order valence-corrected chi connectivity index (χ1v) is 7.24. The number of tetrazole rings is 1. The van der Waals surface area contributed by atoms with Gasteiger partial charge in [-0.3, -0.25) is 0 Å². The first-order chi connectivity index (χ1) is 9.13. The van der Waals surface area contributed by atoms with E-state index >= 15 is 0 Å². The highest BCUT2D eigenvalue weighted by Crippen LogP contribution is 2.38. The fraction of sp³-hybridized carbons (Fsp3) is 0.273. The van der Waals surface area contributed by atoms with Gasteiger partial charge in [0.15, 0.2) is 0 Å². The van der Waals surface area contributed by atoms with E-state index in [0.717, 1.165) is 22.2 Å². The van der Waals surface area contributed by atoms with Crippen LogP contribution in [-0.2, 0) is 0 Å². The maximum atomic E-state index is 11.0. The molecule has 1 N–H and O–H groups in total. The summed E-state index contributed by atoms with van der Waals surface area (Å²) in [6.07, 6.45) is 2.19. The lowest BCUT2D eigenvalue weighted by atomic mass is 10.2. The van der Waals surface area contributed by atoms with Gasteiger partial charge in [0.2, 0.25) is 5.16 Å². The first-order valence-electron chi connectivity index (χ1n) is 5.63. The fourth-order valence-corrected chi connectivity index (χ4v) is 3.24. The minimum atomic E-state index is -0.954. The van der Waals surface area contributed by atoms with Crippen LogP contribution in [0, 0.1) is 0 Å². The number of aromatic nitrogens is 4. The molecular weight excluding hydrogens is 332 g/mol. The minimum absolute atomic E-state index is 0.238. The number of halogens is 1. The molecule has 2 aromatic rings. The third kappa shape index (κ3) is 2.79. The second-order valence-electron chi connectivity index (χ2n) is 4.22. The highest BCUT2D eigenvalue weighted by Gasteiger charge is 2.28. The molecule has 0 unspecified atom stereocenters. The van der Waals surface area contributed by atoms with E-state index in [1.807, 2.05) is 6.07 Å². The monoisotopic (exact) mass is 340 g/mol. The van der Waals surface area contributed by atoms with E-state index in [9.17, 15) is 4.79 Å². The summed E-state index contributed by atoms with van der Waals surface area (Å²) in [4.78, 5) is 11.8. The van der Waals surface area contributed by atoms with Crippen molar-refractivity contribution in [1.82, 2.24) is 20.2 Å². The van der Waals surface area contributed by atoms with Crippen molar-refractivity contribution in [3.63, 3.8) is 0 Å². The summed E-state index contributed by atoms with van der Waals surface area (Å²) in [7, 11) is 0. The van der Waals surface area contributed by atoms with Gasteiger partial charge in [0.25, 0.3) is 0 Å². The number of carbonyl (C=O) groups is 1. The van der Waals surface area contributed by atoms with Crippen LogP contribution in [0.15, 0.2) is 32.7 Å². The zero-order valence-electron chi connectivity index (χ0n) is 9.65. The van der Waals surface area contributed by atoms with Crippen molar-refractivity contribution in [2.75, 3.05) is 0 Å². The Hall–Kier alpha value is -1.41. The molecule has 3 rings (SSSR count). The standard InChI is InChI=1S/C11H9BrN4O2S/c12-7-3-6(10(17)18)4-9(5-7)19-11-13-14-15-16(11)8-1-2-8/h3-5,8H,1-2H2,(H,17,18). The van der Waals surface area contributed by atoms with Gasteiger partial charge in [-0.1, -0.05) is 15.9 Å². The van der Waals surface area contributed by atoms with E-state index in [4.69, 9.17) is 5.11 Å². The Kier molecular flexibility index (Phi) is 3.28. The Labute approximate surface area is 121 Å². The van der Waals surface area contributed by atoms with E-state index in [1.54, 1.807) is 16.8 Å². The van der Waals surface area contributed by atoms with Crippen LogP contribution in [0.4, 0.5) is 0 Å². The lowest BCUT2D eigenvalue weighted by molar-refractivity contribution is 0.0696. The van der Waals surface area contributed by atoms with Crippen molar-refractivity contribution in [3.05, 3.63) is 28.2 Å². The average molecular weight is 341 g/mol. The second kappa shape index (κ2) is 4.93. The van der Waals surface area contributed by atoms with Crippen LogP contribution in [0.5, 0.6) is 0 Å². The van der Waals surface area contributed by atoms with Gasteiger partial charge in [-0.2, -0.15) is 0 Å². The number of hydrogen-bond acceptors (Lipinski definition) is 5. The van der Waals surface area contributed by atoms with Crippen molar-refractivity contribution in [2.24, 2.45) is 0 Å². The van der Waals surface area contributed by atoms with Crippen LogP contribution in [0.1, 0.15) is 29.2 Å². The van der Waals surface area contributed by atoms with Crippen LogP contribution >= 0.6 is 27.7 Å². The summed E-state index contributed by atoms with van der Waals surface area (Å²) in [5.41, 5.74) is 0.238. The molecule has 1 aromatic carbocycles. The van der Waals surface area contributed by atoms with E-state index in [-0.39, 0.29) is 5.56 Å². The van der Waals surface area contributed by atoms with E-state index in [1.165, 1.54) is 11.8 Å². The molecule has 1 aliphatic carbocycles. The minimum Gasteiger partial charge on any atom is -0.478 e. The van der Waals surface area contributed by atoms with Crippen LogP contribution < -0.4 is 0 Å². The smallest absolute Gasteiger partial charge is 0.335 e. The second-order valence-corrected chi connectivity index (χ2v) is 6.18.